The van der Waals surface area contributed by atoms with E-state index in [1.165, 1.54) is 36.4 Å². The number of nitrogens with zero attached hydrogens (tertiary/aromatic N) is 4. The Hall–Kier alpha value is -2.38. The van der Waals surface area contributed by atoms with Gasteiger partial charge < -0.3 is 9.67 Å². The number of fused-ring (bicyclic) bond motifs is 1. The molecule has 0 spiro atoms. The van der Waals surface area contributed by atoms with Gasteiger partial charge in [-0.05, 0) is 19.8 Å². The summed E-state index contributed by atoms with van der Waals surface area (Å²) in [5, 5.41) is 9.38. The monoisotopic (exact) mass is 308 g/mol. The molecule has 0 aliphatic rings. The highest BCUT2D eigenvalue weighted by Gasteiger charge is 2.32. The lowest BCUT2D eigenvalue weighted by Crippen LogP contribution is -2.42. The number of carboxylic acids is 1. The molecule has 0 atom stereocenters. The zero-order valence-electron chi connectivity index (χ0n) is 13.3. The Bertz CT molecular complexity index is 854. The molecule has 0 radical (unpaired) electrons. The van der Waals surface area contributed by atoms with E-state index in [9.17, 15) is 19.5 Å². The number of imidazole rings is 1. The Kier molecular flexibility index (Phi) is 3.72. The predicted octanol–water partition coefficient (Wildman–Crippen LogP) is 0.372. The fourth-order valence-corrected chi connectivity index (χ4v) is 2.31. The van der Waals surface area contributed by atoms with Gasteiger partial charge in [0, 0.05) is 13.6 Å². The molecule has 0 aliphatic heterocycles. The van der Waals surface area contributed by atoms with Gasteiger partial charge in [-0.2, -0.15) is 0 Å². The Balaban J connectivity index is 2.93. The summed E-state index contributed by atoms with van der Waals surface area (Å²) in [7, 11) is 1.38. The molecule has 22 heavy (non-hydrogen) atoms. The number of rotatable bonds is 4. The van der Waals surface area contributed by atoms with Crippen LogP contribution in [0.3, 0.4) is 0 Å². The lowest BCUT2D eigenvalue weighted by Gasteiger charge is -2.22. The van der Waals surface area contributed by atoms with Gasteiger partial charge in [-0.1, -0.05) is 13.8 Å². The third kappa shape index (κ3) is 2.24. The second kappa shape index (κ2) is 5.11. The van der Waals surface area contributed by atoms with E-state index in [4.69, 9.17) is 0 Å². The summed E-state index contributed by atoms with van der Waals surface area (Å²) in [6.07, 6.45) is 1.30. The Morgan fingerprint density at radius 3 is 2.45 bits per heavy atom. The first-order chi connectivity index (χ1) is 10.1. The minimum Gasteiger partial charge on any atom is -0.480 e. The van der Waals surface area contributed by atoms with Gasteiger partial charge in [0.05, 0.1) is 6.33 Å². The number of hydrogen-bond donors (Lipinski definition) is 1. The maximum atomic E-state index is 12.4. The van der Waals surface area contributed by atoms with Crippen LogP contribution in [-0.2, 0) is 23.9 Å². The molecule has 0 unspecified atom stereocenters. The highest BCUT2D eigenvalue weighted by molar-refractivity contribution is 5.80. The van der Waals surface area contributed by atoms with Gasteiger partial charge >= 0.3 is 11.7 Å². The van der Waals surface area contributed by atoms with Gasteiger partial charge in [0.15, 0.2) is 11.2 Å². The van der Waals surface area contributed by atoms with E-state index in [2.05, 4.69) is 4.98 Å². The average Bonchev–Trinajstić information content (AvgIpc) is 2.86. The summed E-state index contributed by atoms with van der Waals surface area (Å²) in [6.45, 7) is 7.25. The highest BCUT2D eigenvalue weighted by Crippen LogP contribution is 2.20. The molecule has 0 amide bonds. The van der Waals surface area contributed by atoms with Crippen LogP contribution >= 0.6 is 0 Å². The van der Waals surface area contributed by atoms with Crippen molar-refractivity contribution in [1.29, 1.82) is 0 Å². The molecule has 0 saturated heterocycles. The van der Waals surface area contributed by atoms with Crippen LogP contribution in [0.4, 0.5) is 0 Å². The van der Waals surface area contributed by atoms with Crippen LogP contribution < -0.4 is 11.2 Å². The van der Waals surface area contributed by atoms with Gasteiger partial charge in [0.1, 0.15) is 5.54 Å². The molecular formula is C14H20N4O4. The average molecular weight is 308 g/mol. The van der Waals surface area contributed by atoms with Crippen molar-refractivity contribution in [2.75, 3.05) is 0 Å². The second-order valence-electron chi connectivity index (χ2n) is 6.30. The number of carbonyl (C=O) groups is 1. The van der Waals surface area contributed by atoms with Crippen molar-refractivity contribution in [2.45, 2.75) is 39.8 Å². The van der Waals surface area contributed by atoms with Gasteiger partial charge in [-0.3, -0.25) is 13.9 Å². The minimum atomic E-state index is -1.35. The van der Waals surface area contributed by atoms with E-state index in [1.54, 1.807) is 0 Å². The van der Waals surface area contributed by atoms with Gasteiger partial charge in [0.25, 0.3) is 5.56 Å². The van der Waals surface area contributed by atoms with E-state index in [-0.39, 0.29) is 17.1 Å². The van der Waals surface area contributed by atoms with Crippen molar-refractivity contribution >= 4 is 17.1 Å². The van der Waals surface area contributed by atoms with Crippen LogP contribution in [0.1, 0.15) is 27.7 Å². The molecule has 0 saturated carbocycles. The molecule has 1 N–H and O–H groups in total. The van der Waals surface area contributed by atoms with E-state index in [1.807, 2.05) is 13.8 Å². The third-order valence-corrected chi connectivity index (χ3v) is 3.70. The first kappa shape index (κ1) is 16.0. The molecule has 0 aliphatic carbocycles. The molecular weight excluding hydrogens is 288 g/mol. The molecule has 120 valence electrons. The van der Waals surface area contributed by atoms with Crippen molar-refractivity contribution in [1.82, 2.24) is 18.7 Å². The van der Waals surface area contributed by atoms with E-state index < -0.39 is 22.8 Å². The van der Waals surface area contributed by atoms with Crippen LogP contribution in [0.25, 0.3) is 11.2 Å². The molecule has 2 aromatic heterocycles. The van der Waals surface area contributed by atoms with Crippen LogP contribution in [-0.4, -0.2) is 29.8 Å². The van der Waals surface area contributed by atoms with Crippen LogP contribution in [0.2, 0.25) is 0 Å². The first-order valence-electron chi connectivity index (χ1n) is 6.99. The molecule has 8 heteroatoms. The van der Waals surface area contributed by atoms with Crippen molar-refractivity contribution in [2.24, 2.45) is 13.0 Å². The lowest BCUT2D eigenvalue weighted by atomic mass is 10.1. The van der Waals surface area contributed by atoms with E-state index in [0.29, 0.717) is 6.54 Å². The van der Waals surface area contributed by atoms with E-state index in [0.717, 1.165) is 4.57 Å². The van der Waals surface area contributed by atoms with E-state index >= 15 is 0 Å². The van der Waals surface area contributed by atoms with Crippen LogP contribution in [0.15, 0.2) is 15.9 Å². The normalized spacial score (nSPS) is 12.3. The second-order valence-corrected chi connectivity index (χ2v) is 6.30. The highest BCUT2D eigenvalue weighted by atomic mass is 16.4. The largest absolute Gasteiger partial charge is 0.480 e. The fourth-order valence-electron chi connectivity index (χ4n) is 2.31. The quantitative estimate of drug-likeness (QED) is 0.880. The number of aliphatic carboxylic acids is 1. The van der Waals surface area contributed by atoms with Crippen molar-refractivity contribution < 1.29 is 9.90 Å². The smallest absolute Gasteiger partial charge is 0.332 e. The van der Waals surface area contributed by atoms with Gasteiger partial charge in [-0.15, -0.1) is 0 Å². The number of aromatic nitrogens is 4. The Morgan fingerprint density at radius 2 is 1.95 bits per heavy atom. The molecule has 2 aromatic rings. The molecule has 8 nitrogen and oxygen atoms in total. The summed E-state index contributed by atoms with van der Waals surface area (Å²) >= 11 is 0. The summed E-state index contributed by atoms with van der Waals surface area (Å²) in [5.74, 6) is -0.911. The lowest BCUT2D eigenvalue weighted by molar-refractivity contribution is -0.145. The Labute approximate surface area is 126 Å². The topological polar surface area (TPSA) is 99.1 Å². The number of hydrogen-bond acceptors (Lipinski definition) is 4. The minimum absolute atomic E-state index is 0.121. The molecule has 0 bridgehead atoms. The Morgan fingerprint density at radius 1 is 1.36 bits per heavy atom. The third-order valence-electron chi connectivity index (χ3n) is 3.70. The summed E-state index contributed by atoms with van der Waals surface area (Å²) in [5.41, 5.74) is -2.01. The standard InChI is InChI=1S/C14H20N4O4/c1-8(2)6-17-10-9(11(19)16(5)13(17)22)18(7-15-10)14(3,4)12(20)21/h7-8H,6H2,1-5H3,(H,20,21). The zero-order valence-corrected chi connectivity index (χ0v) is 13.3. The molecule has 2 heterocycles. The molecule has 2 rings (SSSR count). The predicted molar refractivity (Wildman–Crippen MR) is 81.0 cm³/mol. The SMILES string of the molecule is CC(C)Cn1c(=O)n(C)c(=O)c2c1ncn2C(C)(C)C(=O)O. The van der Waals surface area contributed by atoms with Crippen molar-refractivity contribution in [3.8, 4) is 0 Å². The summed E-state index contributed by atoms with van der Waals surface area (Å²) in [4.78, 5) is 40.3. The van der Waals surface area contributed by atoms with Gasteiger partial charge in [0.2, 0.25) is 0 Å². The number of carboxylic acid groups (broad SMARTS) is 1. The maximum Gasteiger partial charge on any atom is 0.332 e. The van der Waals surface area contributed by atoms with Crippen molar-refractivity contribution in [3.05, 3.63) is 27.2 Å². The fraction of sp³-hybridized carbons (Fsp3) is 0.571. The zero-order chi connectivity index (χ0) is 16.8. The first-order valence-corrected chi connectivity index (χ1v) is 6.99. The van der Waals surface area contributed by atoms with Crippen LogP contribution in [0, 0.1) is 5.92 Å². The van der Waals surface area contributed by atoms with Crippen molar-refractivity contribution in [3.63, 3.8) is 0 Å². The molecule has 0 aromatic carbocycles. The maximum absolute atomic E-state index is 12.4. The summed E-state index contributed by atoms with van der Waals surface area (Å²) in [6, 6.07) is 0. The van der Waals surface area contributed by atoms with Crippen LogP contribution in [0.5, 0.6) is 0 Å². The van der Waals surface area contributed by atoms with Gasteiger partial charge in [-0.25, -0.2) is 14.6 Å². The molecule has 0 fully saturated rings. The summed E-state index contributed by atoms with van der Waals surface area (Å²) < 4.78 is 3.71.